The first-order valence-electron chi connectivity index (χ1n) is 12.8. The predicted molar refractivity (Wildman–Crippen MR) is 147 cm³/mol. The zero-order valence-electron chi connectivity index (χ0n) is 24.1. The maximum Gasteiger partial charge on any atom is 0.490 e. The molecule has 1 unspecified atom stereocenters. The summed E-state index contributed by atoms with van der Waals surface area (Å²) in [7, 11) is -2.65. The molecule has 236 valence electrons. The maximum atomic E-state index is 13.2. The molecule has 0 aliphatic carbocycles. The van der Waals surface area contributed by atoms with E-state index in [1.165, 1.54) is 7.11 Å². The Labute approximate surface area is 247 Å². The summed E-state index contributed by atoms with van der Waals surface area (Å²) in [5, 5.41) is 8.69. The molecule has 1 aliphatic rings. The van der Waals surface area contributed by atoms with Gasteiger partial charge in [-0.2, -0.15) is 13.2 Å². The van der Waals surface area contributed by atoms with Crippen LogP contribution in [0.1, 0.15) is 54.7 Å². The number of ether oxygens (including phenoxy) is 2. The number of aliphatic carboxylic acids is 1. The number of benzene rings is 2. The van der Waals surface area contributed by atoms with Crippen molar-refractivity contribution in [2.45, 2.75) is 70.2 Å². The van der Waals surface area contributed by atoms with E-state index < -0.39 is 57.0 Å². The van der Waals surface area contributed by atoms with E-state index in [-0.39, 0.29) is 19.4 Å². The second-order valence-electron chi connectivity index (χ2n) is 10.5. The monoisotopic (exact) mass is 630 g/mol. The smallest absolute Gasteiger partial charge is 0.475 e. The van der Waals surface area contributed by atoms with Crippen LogP contribution in [0.4, 0.5) is 18.0 Å². The average molecular weight is 631 g/mol. The second kappa shape index (κ2) is 13.9. The molecular formula is C28H33F3N2O9S. The highest BCUT2D eigenvalue weighted by Crippen LogP contribution is 2.41. The Balaban J connectivity index is 0.000000821. The van der Waals surface area contributed by atoms with Crippen LogP contribution in [0, 0.1) is 6.92 Å². The van der Waals surface area contributed by atoms with Gasteiger partial charge in [0.05, 0.1) is 19.1 Å². The summed E-state index contributed by atoms with van der Waals surface area (Å²) in [5.41, 5.74) is 1.83. The summed E-state index contributed by atoms with van der Waals surface area (Å²) >= 11 is 0. The fraction of sp³-hybridized carbons (Fsp3) is 0.429. The number of aryl methyl sites for hydroxylation is 1. The third-order valence-corrected chi connectivity index (χ3v) is 8.56. The molecule has 2 atom stereocenters. The minimum atomic E-state index is -5.08. The van der Waals surface area contributed by atoms with Gasteiger partial charge in [0, 0.05) is 6.42 Å². The minimum Gasteiger partial charge on any atom is -0.475 e. The predicted octanol–water partition coefficient (Wildman–Crippen LogP) is 4.04. The third kappa shape index (κ3) is 9.43. The number of amides is 2. The van der Waals surface area contributed by atoms with Crippen LogP contribution in [0.2, 0.25) is 0 Å². The number of carboxylic acids is 1. The van der Waals surface area contributed by atoms with E-state index >= 15 is 0 Å². The summed E-state index contributed by atoms with van der Waals surface area (Å²) in [6, 6.07) is 13.2. The van der Waals surface area contributed by atoms with Gasteiger partial charge in [-0.05, 0) is 49.9 Å². The number of alkyl halides is 3. The summed E-state index contributed by atoms with van der Waals surface area (Å²) in [6.45, 7) is 6.87. The SMILES string of the molecule is COC(=O)[C@H](Cc1ccc(C2CC(=O)N(C(C)(C)C)S2(=O)=O)c(C)c1)NC(=O)OCc1ccccc1.O=C(O)C(F)(F)F. The standard InChI is InChI=1S/C26H32N2O7S.C2HF3O2/c1-17-13-19(11-12-20(17)22-15-23(29)28(26(2,3)4)36(22,32)33)14-21(24(30)34-5)27-25(31)35-16-18-9-7-6-8-10-18;3-2(4,5)1(6)7/h6-13,21-22H,14-16H2,1-5H3,(H,27,31);(H,6,7)/t21-,22?;/m0./s1. The second-order valence-corrected chi connectivity index (χ2v) is 12.5. The van der Waals surface area contributed by atoms with Crippen molar-refractivity contribution < 1.29 is 55.3 Å². The number of nitrogens with one attached hydrogen (secondary N) is 1. The van der Waals surface area contributed by atoms with Gasteiger partial charge in [-0.25, -0.2) is 27.1 Å². The first-order chi connectivity index (χ1) is 19.8. The van der Waals surface area contributed by atoms with Crippen LogP contribution < -0.4 is 5.32 Å². The Morgan fingerprint density at radius 2 is 1.65 bits per heavy atom. The number of hydrogen-bond donors (Lipinski definition) is 2. The largest absolute Gasteiger partial charge is 0.490 e. The number of nitrogens with zero attached hydrogens (tertiary/aromatic N) is 1. The first kappa shape index (κ1) is 35.1. The van der Waals surface area contributed by atoms with E-state index in [1.807, 2.05) is 30.3 Å². The zero-order chi connectivity index (χ0) is 32.8. The van der Waals surface area contributed by atoms with E-state index in [2.05, 4.69) is 5.32 Å². The van der Waals surface area contributed by atoms with Gasteiger partial charge in [-0.1, -0.05) is 48.5 Å². The summed E-state index contributed by atoms with van der Waals surface area (Å²) in [6.07, 6.45) is -5.86. The van der Waals surface area contributed by atoms with Crippen LogP contribution in [-0.2, 0) is 46.9 Å². The lowest BCUT2D eigenvalue weighted by Gasteiger charge is -2.31. The van der Waals surface area contributed by atoms with Crippen molar-refractivity contribution in [3.05, 3.63) is 70.8 Å². The number of carbonyl (C=O) groups excluding carboxylic acids is 3. The van der Waals surface area contributed by atoms with Gasteiger partial charge >= 0.3 is 24.2 Å². The van der Waals surface area contributed by atoms with Gasteiger partial charge in [0.15, 0.2) is 0 Å². The molecule has 0 aromatic heterocycles. The highest BCUT2D eigenvalue weighted by atomic mass is 32.2. The van der Waals surface area contributed by atoms with Crippen LogP contribution in [0.5, 0.6) is 0 Å². The number of alkyl carbamates (subject to hydrolysis) is 1. The first-order valence-corrected chi connectivity index (χ1v) is 14.3. The highest BCUT2D eigenvalue weighted by Gasteiger charge is 2.50. The molecule has 0 saturated carbocycles. The van der Waals surface area contributed by atoms with Gasteiger partial charge in [0.25, 0.3) is 0 Å². The molecule has 1 heterocycles. The molecule has 1 aliphatic heterocycles. The summed E-state index contributed by atoms with van der Waals surface area (Å²) < 4.78 is 69.1. The number of methoxy groups -OCH3 is 1. The summed E-state index contributed by atoms with van der Waals surface area (Å²) in [4.78, 5) is 46.1. The zero-order valence-corrected chi connectivity index (χ0v) is 24.9. The topological polar surface area (TPSA) is 156 Å². The van der Waals surface area contributed by atoms with Crippen LogP contribution in [-0.4, -0.2) is 66.6 Å². The normalized spacial score (nSPS) is 16.9. The van der Waals surface area contributed by atoms with Crippen LogP contribution >= 0.6 is 0 Å². The Kier molecular flexibility index (Phi) is 11.3. The van der Waals surface area contributed by atoms with E-state index in [4.69, 9.17) is 19.4 Å². The molecule has 0 spiro atoms. The lowest BCUT2D eigenvalue weighted by atomic mass is 9.97. The lowest BCUT2D eigenvalue weighted by molar-refractivity contribution is -0.192. The summed E-state index contributed by atoms with van der Waals surface area (Å²) in [5.74, 6) is -3.83. The molecule has 1 saturated heterocycles. The Morgan fingerprint density at radius 1 is 1.07 bits per heavy atom. The quantitative estimate of drug-likeness (QED) is 0.431. The molecule has 2 aromatic rings. The van der Waals surface area contributed by atoms with Crippen molar-refractivity contribution in [2.75, 3.05) is 7.11 Å². The van der Waals surface area contributed by atoms with Crippen molar-refractivity contribution in [2.24, 2.45) is 0 Å². The Hall–Kier alpha value is -4.14. The van der Waals surface area contributed by atoms with Gasteiger partial charge in [-0.15, -0.1) is 0 Å². The molecule has 11 nitrogen and oxygen atoms in total. The van der Waals surface area contributed by atoms with Crippen LogP contribution in [0.25, 0.3) is 0 Å². The van der Waals surface area contributed by atoms with Crippen molar-refractivity contribution in [1.29, 1.82) is 0 Å². The maximum absolute atomic E-state index is 13.2. The van der Waals surface area contributed by atoms with E-state index in [1.54, 1.807) is 45.9 Å². The van der Waals surface area contributed by atoms with Crippen molar-refractivity contribution in [3.8, 4) is 0 Å². The molecule has 2 N–H and O–H groups in total. The molecule has 0 bridgehead atoms. The average Bonchev–Trinajstić information content (AvgIpc) is 3.15. The number of rotatable bonds is 7. The fourth-order valence-electron chi connectivity index (χ4n) is 4.35. The highest BCUT2D eigenvalue weighted by molar-refractivity contribution is 7.90. The molecule has 15 heteroatoms. The number of hydrogen-bond acceptors (Lipinski definition) is 8. The minimum absolute atomic E-state index is 0.0501. The van der Waals surface area contributed by atoms with Gasteiger partial charge in [0.2, 0.25) is 15.9 Å². The molecule has 2 amide bonds. The Bertz CT molecular complexity index is 1440. The molecular weight excluding hydrogens is 597 g/mol. The van der Waals surface area contributed by atoms with E-state index in [0.29, 0.717) is 16.7 Å². The van der Waals surface area contributed by atoms with Gasteiger partial charge in [0.1, 0.15) is 17.9 Å². The van der Waals surface area contributed by atoms with Crippen LogP contribution in [0.3, 0.4) is 0 Å². The third-order valence-electron chi connectivity index (χ3n) is 6.16. The number of sulfonamides is 1. The molecule has 3 rings (SSSR count). The van der Waals surface area contributed by atoms with Crippen molar-refractivity contribution in [3.63, 3.8) is 0 Å². The van der Waals surface area contributed by atoms with Crippen molar-refractivity contribution in [1.82, 2.24) is 9.62 Å². The van der Waals surface area contributed by atoms with E-state index in [9.17, 15) is 36.0 Å². The van der Waals surface area contributed by atoms with Crippen molar-refractivity contribution >= 4 is 34.0 Å². The van der Waals surface area contributed by atoms with E-state index in [0.717, 1.165) is 9.87 Å². The molecule has 1 fully saturated rings. The number of esters is 1. The fourth-order valence-corrected chi connectivity index (χ4v) is 6.66. The molecule has 2 aromatic carbocycles. The number of carbonyl (C=O) groups is 4. The molecule has 43 heavy (non-hydrogen) atoms. The van der Waals surface area contributed by atoms with Gasteiger partial charge in [-0.3, -0.25) is 4.79 Å². The number of carboxylic acid groups (broad SMARTS) is 1. The van der Waals surface area contributed by atoms with Gasteiger partial charge < -0.3 is 19.9 Å². The molecule has 0 radical (unpaired) electrons. The lowest BCUT2D eigenvalue weighted by Crippen LogP contribution is -2.45. The van der Waals surface area contributed by atoms with Crippen LogP contribution in [0.15, 0.2) is 48.5 Å². The number of halogens is 3. The Morgan fingerprint density at radius 3 is 2.12 bits per heavy atom.